The van der Waals surface area contributed by atoms with Crippen LogP contribution in [0.3, 0.4) is 0 Å². The van der Waals surface area contributed by atoms with Gasteiger partial charge in [-0.25, -0.2) is 4.79 Å². The minimum Gasteiger partial charge on any atom is -0.368 e. The maximum absolute atomic E-state index is 12.0. The lowest BCUT2D eigenvalue weighted by atomic mass is 10.2. The minimum absolute atomic E-state index is 0.0294. The van der Waals surface area contributed by atoms with Gasteiger partial charge in [-0.1, -0.05) is 42.1 Å². The first kappa shape index (κ1) is 17.5. The summed E-state index contributed by atoms with van der Waals surface area (Å²) in [5, 5.41) is 4.46. The molecule has 2 aromatic rings. The molecule has 0 saturated heterocycles. The molecule has 24 heavy (non-hydrogen) atoms. The topological polar surface area (TPSA) is 149 Å². The van der Waals surface area contributed by atoms with Gasteiger partial charge in [0.2, 0.25) is 17.8 Å². The van der Waals surface area contributed by atoms with E-state index in [1.54, 1.807) is 6.92 Å². The SMILES string of the molecule is C[C@@H](Sc1nc(N)nc(N)n1)C(=O)NC(=O)NCc1ccccc1. The van der Waals surface area contributed by atoms with Crippen LogP contribution in [0.25, 0.3) is 0 Å². The average Bonchev–Trinajstić information content (AvgIpc) is 2.53. The van der Waals surface area contributed by atoms with Crippen LogP contribution in [0.15, 0.2) is 35.5 Å². The van der Waals surface area contributed by atoms with Gasteiger partial charge in [-0.2, -0.15) is 15.0 Å². The molecule has 2 rings (SSSR count). The number of nitrogens with two attached hydrogens (primary N) is 2. The van der Waals surface area contributed by atoms with Gasteiger partial charge in [0.1, 0.15) is 0 Å². The molecule has 1 aromatic heterocycles. The molecule has 0 fully saturated rings. The molecular formula is C14H17N7O2S. The van der Waals surface area contributed by atoms with E-state index in [1.165, 1.54) is 0 Å². The van der Waals surface area contributed by atoms with Crippen molar-refractivity contribution in [1.29, 1.82) is 0 Å². The molecule has 0 aliphatic carbocycles. The van der Waals surface area contributed by atoms with Gasteiger partial charge in [-0.3, -0.25) is 10.1 Å². The Balaban J connectivity index is 1.83. The maximum Gasteiger partial charge on any atom is 0.321 e. The molecule has 0 unspecified atom stereocenters. The molecule has 0 saturated carbocycles. The van der Waals surface area contributed by atoms with E-state index in [4.69, 9.17) is 11.5 Å². The summed E-state index contributed by atoms with van der Waals surface area (Å²) in [4.78, 5) is 35.2. The van der Waals surface area contributed by atoms with Gasteiger partial charge in [0.25, 0.3) is 0 Å². The zero-order valence-electron chi connectivity index (χ0n) is 12.9. The standard InChI is InChI=1S/C14H17N7O2S/c1-8(24-14-20-11(15)19-12(16)21-14)10(22)18-13(23)17-7-9-5-3-2-4-6-9/h2-6,8H,7H2,1H3,(H2,17,18,22,23)(H4,15,16,19,20,21)/t8-/m1/s1. The van der Waals surface area contributed by atoms with E-state index in [1.807, 2.05) is 30.3 Å². The van der Waals surface area contributed by atoms with Gasteiger partial charge in [-0.15, -0.1) is 0 Å². The summed E-state index contributed by atoms with van der Waals surface area (Å²) in [6, 6.07) is 8.78. The van der Waals surface area contributed by atoms with Gasteiger partial charge in [0.05, 0.1) is 5.25 Å². The highest BCUT2D eigenvalue weighted by Gasteiger charge is 2.19. The van der Waals surface area contributed by atoms with Crippen molar-refractivity contribution in [3.05, 3.63) is 35.9 Å². The van der Waals surface area contributed by atoms with Crippen LogP contribution >= 0.6 is 11.8 Å². The smallest absolute Gasteiger partial charge is 0.321 e. The summed E-state index contributed by atoms with van der Waals surface area (Å²) >= 11 is 1.02. The van der Waals surface area contributed by atoms with Crippen LogP contribution < -0.4 is 22.1 Å². The predicted molar refractivity (Wildman–Crippen MR) is 90.8 cm³/mol. The number of imide groups is 1. The van der Waals surface area contributed by atoms with Crippen molar-refractivity contribution >= 4 is 35.6 Å². The third-order valence-electron chi connectivity index (χ3n) is 2.83. The summed E-state index contributed by atoms with van der Waals surface area (Å²) in [5.41, 5.74) is 11.9. The first-order valence-corrected chi connectivity index (χ1v) is 7.88. The first-order chi connectivity index (χ1) is 11.4. The molecule has 0 spiro atoms. The van der Waals surface area contributed by atoms with Crippen LogP contribution in [-0.2, 0) is 11.3 Å². The van der Waals surface area contributed by atoms with Gasteiger partial charge < -0.3 is 16.8 Å². The number of carbonyl (C=O) groups is 2. The van der Waals surface area contributed by atoms with Gasteiger partial charge in [0.15, 0.2) is 5.16 Å². The van der Waals surface area contributed by atoms with E-state index in [2.05, 4.69) is 25.6 Å². The summed E-state index contributed by atoms with van der Waals surface area (Å²) in [7, 11) is 0. The fourth-order valence-corrected chi connectivity index (χ4v) is 2.46. The molecule has 9 nitrogen and oxygen atoms in total. The van der Waals surface area contributed by atoms with E-state index in [9.17, 15) is 9.59 Å². The number of urea groups is 1. The highest BCUT2D eigenvalue weighted by molar-refractivity contribution is 8.00. The monoisotopic (exact) mass is 347 g/mol. The number of nitrogen functional groups attached to an aromatic ring is 2. The van der Waals surface area contributed by atoms with Crippen molar-refractivity contribution in [1.82, 2.24) is 25.6 Å². The van der Waals surface area contributed by atoms with E-state index in [0.717, 1.165) is 17.3 Å². The number of hydrogen-bond donors (Lipinski definition) is 4. The molecule has 10 heteroatoms. The molecule has 1 aromatic carbocycles. The number of nitrogens with one attached hydrogen (secondary N) is 2. The summed E-state index contributed by atoms with van der Waals surface area (Å²) in [6.07, 6.45) is 0. The van der Waals surface area contributed by atoms with Crippen molar-refractivity contribution in [2.75, 3.05) is 11.5 Å². The third kappa shape index (κ3) is 5.39. The predicted octanol–water partition coefficient (Wildman–Crippen LogP) is 0.543. The Kier molecular flexibility index (Phi) is 5.90. The number of benzene rings is 1. The minimum atomic E-state index is -0.617. The lowest BCUT2D eigenvalue weighted by Gasteiger charge is -2.11. The average molecular weight is 347 g/mol. The number of nitrogens with zero attached hydrogens (tertiary/aromatic N) is 3. The molecule has 1 heterocycles. The van der Waals surface area contributed by atoms with Crippen molar-refractivity contribution in [2.24, 2.45) is 0 Å². The quantitative estimate of drug-likeness (QED) is 0.573. The fraction of sp³-hybridized carbons (Fsp3) is 0.214. The zero-order valence-corrected chi connectivity index (χ0v) is 13.7. The van der Waals surface area contributed by atoms with E-state index >= 15 is 0 Å². The molecule has 6 N–H and O–H groups in total. The van der Waals surface area contributed by atoms with Gasteiger partial charge in [0, 0.05) is 6.54 Å². The first-order valence-electron chi connectivity index (χ1n) is 7.00. The second kappa shape index (κ2) is 8.11. The van der Waals surface area contributed by atoms with Crippen LogP contribution in [0, 0.1) is 0 Å². The number of thioether (sulfide) groups is 1. The Bertz CT molecular complexity index is 706. The Hall–Kier alpha value is -2.88. The van der Waals surface area contributed by atoms with E-state index in [-0.39, 0.29) is 17.1 Å². The zero-order chi connectivity index (χ0) is 17.5. The van der Waals surface area contributed by atoms with Crippen molar-refractivity contribution in [3.63, 3.8) is 0 Å². The molecule has 1 atom stereocenters. The van der Waals surface area contributed by atoms with Crippen LogP contribution in [-0.4, -0.2) is 32.1 Å². The third-order valence-corrected chi connectivity index (χ3v) is 3.79. The number of amides is 3. The molecular weight excluding hydrogens is 330 g/mol. The van der Waals surface area contributed by atoms with Crippen LogP contribution in [0.4, 0.5) is 16.7 Å². The van der Waals surface area contributed by atoms with Gasteiger partial charge in [-0.05, 0) is 12.5 Å². The second-order valence-corrected chi connectivity index (χ2v) is 6.06. The van der Waals surface area contributed by atoms with Crippen molar-refractivity contribution in [3.8, 4) is 0 Å². The number of aromatic nitrogens is 3. The largest absolute Gasteiger partial charge is 0.368 e. The summed E-state index contributed by atoms with van der Waals surface area (Å²) in [5.74, 6) is -0.542. The van der Waals surface area contributed by atoms with Crippen LogP contribution in [0.2, 0.25) is 0 Å². The molecule has 126 valence electrons. The lowest BCUT2D eigenvalue weighted by Crippen LogP contribution is -2.42. The Morgan fingerprint density at radius 2 is 1.75 bits per heavy atom. The number of carbonyl (C=O) groups excluding carboxylic acids is 2. The molecule has 3 amide bonds. The highest BCUT2D eigenvalue weighted by Crippen LogP contribution is 2.20. The van der Waals surface area contributed by atoms with Crippen molar-refractivity contribution < 1.29 is 9.59 Å². The number of anilines is 2. The molecule has 0 bridgehead atoms. The maximum atomic E-state index is 12.0. The highest BCUT2D eigenvalue weighted by atomic mass is 32.2. The Morgan fingerprint density at radius 1 is 1.12 bits per heavy atom. The Morgan fingerprint density at radius 3 is 2.38 bits per heavy atom. The second-order valence-electron chi connectivity index (χ2n) is 4.75. The summed E-state index contributed by atoms with van der Waals surface area (Å²) in [6.45, 7) is 1.93. The van der Waals surface area contributed by atoms with Gasteiger partial charge >= 0.3 is 6.03 Å². The number of rotatable bonds is 5. The fourth-order valence-electron chi connectivity index (χ4n) is 1.69. The molecule has 0 aliphatic heterocycles. The van der Waals surface area contributed by atoms with E-state index < -0.39 is 17.2 Å². The number of hydrogen-bond acceptors (Lipinski definition) is 8. The Labute approximate surface area is 142 Å². The van der Waals surface area contributed by atoms with Crippen LogP contribution in [0.1, 0.15) is 12.5 Å². The lowest BCUT2D eigenvalue weighted by molar-refractivity contribution is -0.119. The molecule has 0 aliphatic rings. The van der Waals surface area contributed by atoms with Crippen LogP contribution in [0.5, 0.6) is 0 Å². The summed E-state index contributed by atoms with van der Waals surface area (Å²) < 4.78 is 0. The van der Waals surface area contributed by atoms with E-state index in [0.29, 0.717) is 6.54 Å². The normalized spacial score (nSPS) is 11.5. The molecule has 0 radical (unpaired) electrons. The van der Waals surface area contributed by atoms with Crippen molar-refractivity contribution in [2.45, 2.75) is 23.9 Å².